The van der Waals surface area contributed by atoms with E-state index in [-0.39, 0.29) is 6.04 Å². The summed E-state index contributed by atoms with van der Waals surface area (Å²) in [5.41, 5.74) is 4.71. The monoisotopic (exact) mass is 294 g/mol. The molecule has 1 atom stereocenters. The SMILES string of the molecule is COc1ccc2[nH]c3c(c2c1)CCNC3c1cccc(O)c1. The molecule has 0 spiro atoms. The van der Waals surface area contributed by atoms with E-state index in [4.69, 9.17) is 4.74 Å². The van der Waals surface area contributed by atoms with Gasteiger partial charge in [0.25, 0.3) is 0 Å². The summed E-state index contributed by atoms with van der Waals surface area (Å²) < 4.78 is 5.35. The van der Waals surface area contributed by atoms with Gasteiger partial charge in [-0.2, -0.15) is 0 Å². The molecule has 1 unspecified atom stereocenters. The van der Waals surface area contributed by atoms with Gasteiger partial charge in [-0.15, -0.1) is 0 Å². The largest absolute Gasteiger partial charge is 0.508 e. The second-order valence-corrected chi connectivity index (χ2v) is 5.66. The van der Waals surface area contributed by atoms with Crippen molar-refractivity contribution in [3.05, 3.63) is 59.3 Å². The Hall–Kier alpha value is -2.46. The smallest absolute Gasteiger partial charge is 0.119 e. The van der Waals surface area contributed by atoms with E-state index in [1.807, 2.05) is 24.3 Å². The van der Waals surface area contributed by atoms with E-state index in [1.165, 1.54) is 16.6 Å². The lowest BCUT2D eigenvalue weighted by Gasteiger charge is -2.25. The molecule has 3 aromatic rings. The molecular weight excluding hydrogens is 276 g/mol. The maximum absolute atomic E-state index is 9.75. The molecular formula is C18H18N2O2. The summed E-state index contributed by atoms with van der Waals surface area (Å²) in [4.78, 5) is 3.54. The lowest BCUT2D eigenvalue weighted by molar-refractivity contribution is 0.415. The lowest BCUT2D eigenvalue weighted by Crippen LogP contribution is -2.30. The number of hydrogen-bond acceptors (Lipinski definition) is 3. The number of H-pyrrole nitrogens is 1. The first-order chi connectivity index (χ1) is 10.8. The molecule has 0 bridgehead atoms. The van der Waals surface area contributed by atoms with Crippen LogP contribution in [0.5, 0.6) is 11.5 Å². The molecule has 0 radical (unpaired) electrons. The quantitative estimate of drug-likeness (QED) is 0.680. The van der Waals surface area contributed by atoms with Crippen LogP contribution in [0.3, 0.4) is 0 Å². The number of ether oxygens (including phenoxy) is 1. The Kier molecular flexibility index (Phi) is 3.05. The van der Waals surface area contributed by atoms with Gasteiger partial charge >= 0.3 is 0 Å². The number of benzene rings is 2. The van der Waals surface area contributed by atoms with Crippen molar-refractivity contribution in [1.82, 2.24) is 10.3 Å². The van der Waals surface area contributed by atoms with E-state index in [0.29, 0.717) is 5.75 Å². The maximum Gasteiger partial charge on any atom is 0.119 e. The van der Waals surface area contributed by atoms with Crippen LogP contribution in [0.25, 0.3) is 10.9 Å². The summed E-state index contributed by atoms with van der Waals surface area (Å²) in [7, 11) is 1.69. The minimum atomic E-state index is 0.0780. The van der Waals surface area contributed by atoms with Crippen LogP contribution in [0, 0.1) is 0 Å². The van der Waals surface area contributed by atoms with E-state index in [0.717, 1.165) is 29.8 Å². The number of rotatable bonds is 2. The van der Waals surface area contributed by atoms with E-state index in [2.05, 4.69) is 22.4 Å². The fraction of sp³-hybridized carbons (Fsp3) is 0.222. The van der Waals surface area contributed by atoms with Crippen molar-refractivity contribution in [2.75, 3.05) is 13.7 Å². The Bertz CT molecular complexity index is 838. The molecule has 1 aliphatic rings. The molecule has 4 heteroatoms. The third kappa shape index (κ3) is 2.04. The number of nitrogens with one attached hydrogen (secondary N) is 2. The van der Waals surface area contributed by atoms with Crippen LogP contribution in [-0.4, -0.2) is 23.7 Å². The summed E-state index contributed by atoms with van der Waals surface area (Å²) in [6.45, 7) is 0.914. The molecule has 3 N–H and O–H groups in total. The highest BCUT2D eigenvalue weighted by Gasteiger charge is 2.25. The van der Waals surface area contributed by atoms with Gasteiger partial charge in [0.05, 0.1) is 13.2 Å². The molecule has 4 rings (SSSR count). The Morgan fingerprint density at radius 3 is 2.91 bits per heavy atom. The van der Waals surface area contributed by atoms with Gasteiger partial charge in [0.15, 0.2) is 0 Å². The zero-order valence-corrected chi connectivity index (χ0v) is 12.4. The first-order valence-corrected chi connectivity index (χ1v) is 7.47. The van der Waals surface area contributed by atoms with Crippen LogP contribution in [0.2, 0.25) is 0 Å². The Balaban J connectivity index is 1.87. The fourth-order valence-corrected chi connectivity index (χ4v) is 3.32. The van der Waals surface area contributed by atoms with Crippen molar-refractivity contribution in [2.24, 2.45) is 0 Å². The Morgan fingerprint density at radius 2 is 2.09 bits per heavy atom. The number of phenols is 1. The molecule has 0 saturated carbocycles. The van der Waals surface area contributed by atoms with Crippen LogP contribution in [0.15, 0.2) is 42.5 Å². The van der Waals surface area contributed by atoms with Crippen molar-refractivity contribution >= 4 is 10.9 Å². The highest BCUT2D eigenvalue weighted by atomic mass is 16.5. The normalized spacial score (nSPS) is 17.4. The van der Waals surface area contributed by atoms with E-state index >= 15 is 0 Å². The summed E-state index contributed by atoms with van der Waals surface area (Å²) in [6, 6.07) is 13.6. The second-order valence-electron chi connectivity index (χ2n) is 5.66. The number of fused-ring (bicyclic) bond motifs is 3. The van der Waals surface area contributed by atoms with Gasteiger partial charge in [-0.25, -0.2) is 0 Å². The standard InChI is InChI=1S/C18H18N2O2/c1-22-13-5-6-16-15(10-13)14-7-8-19-17(18(14)20-16)11-3-2-4-12(21)9-11/h2-6,9-10,17,19-21H,7-8H2,1H3. The summed E-state index contributed by atoms with van der Waals surface area (Å²) in [5, 5.41) is 14.5. The van der Waals surface area contributed by atoms with Crippen molar-refractivity contribution in [1.29, 1.82) is 0 Å². The zero-order valence-electron chi connectivity index (χ0n) is 12.4. The van der Waals surface area contributed by atoms with Crippen molar-refractivity contribution in [3.8, 4) is 11.5 Å². The summed E-state index contributed by atoms with van der Waals surface area (Å²) >= 11 is 0. The van der Waals surface area contributed by atoms with Gasteiger partial charge in [0.1, 0.15) is 11.5 Å². The minimum absolute atomic E-state index is 0.0780. The Morgan fingerprint density at radius 1 is 1.18 bits per heavy atom. The average molecular weight is 294 g/mol. The predicted octanol–water partition coefficient (Wildman–Crippen LogP) is 3.12. The molecule has 2 heterocycles. The molecule has 0 saturated heterocycles. The highest BCUT2D eigenvalue weighted by Crippen LogP contribution is 2.35. The first-order valence-electron chi connectivity index (χ1n) is 7.47. The van der Waals surface area contributed by atoms with Gasteiger partial charge in [0.2, 0.25) is 0 Å². The maximum atomic E-state index is 9.75. The van der Waals surface area contributed by atoms with Crippen LogP contribution < -0.4 is 10.1 Å². The lowest BCUT2D eigenvalue weighted by atomic mass is 9.94. The fourth-order valence-electron chi connectivity index (χ4n) is 3.32. The molecule has 1 aromatic heterocycles. The molecule has 22 heavy (non-hydrogen) atoms. The van der Waals surface area contributed by atoms with Crippen LogP contribution in [0.4, 0.5) is 0 Å². The number of aromatic hydroxyl groups is 1. The number of aromatic amines is 1. The van der Waals surface area contributed by atoms with Crippen molar-refractivity contribution < 1.29 is 9.84 Å². The zero-order chi connectivity index (χ0) is 15.1. The molecule has 0 aliphatic carbocycles. The summed E-state index contributed by atoms with van der Waals surface area (Å²) in [6.07, 6.45) is 0.984. The van der Waals surface area contributed by atoms with Gasteiger partial charge < -0.3 is 20.1 Å². The van der Waals surface area contributed by atoms with Crippen molar-refractivity contribution in [2.45, 2.75) is 12.5 Å². The topological polar surface area (TPSA) is 57.3 Å². The number of aromatic nitrogens is 1. The van der Waals surface area contributed by atoms with Crippen LogP contribution in [-0.2, 0) is 6.42 Å². The molecule has 0 fully saturated rings. The van der Waals surface area contributed by atoms with Gasteiger partial charge in [-0.1, -0.05) is 12.1 Å². The molecule has 2 aromatic carbocycles. The third-order valence-electron chi connectivity index (χ3n) is 4.36. The number of methoxy groups -OCH3 is 1. The number of phenolic OH excluding ortho intramolecular Hbond substituents is 1. The van der Waals surface area contributed by atoms with E-state index in [9.17, 15) is 5.11 Å². The van der Waals surface area contributed by atoms with Crippen LogP contribution in [0.1, 0.15) is 22.9 Å². The van der Waals surface area contributed by atoms with Gasteiger partial charge in [0, 0.05) is 23.1 Å². The van der Waals surface area contributed by atoms with Crippen molar-refractivity contribution in [3.63, 3.8) is 0 Å². The van der Waals surface area contributed by atoms with Crippen LogP contribution >= 0.6 is 0 Å². The van der Waals surface area contributed by atoms with Gasteiger partial charge in [-0.3, -0.25) is 0 Å². The second kappa shape index (κ2) is 5.07. The van der Waals surface area contributed by atoms with E-state index in [1.54, 1.807) is 13.2 Å². The average Bonchev–Trinajstić information content (AvgIpc) is 2.92. The van der Waals surface area contributed by atoms with Gasteiger partial charge in [-0.05, 0) is 47.9 Å². The first kappa shape index (κ1) is 13.2. The minimum Gasteiger partial charge on any atom is -0.508 e. The molecule has 112 valence electrons. The molecule has 1 aliphatic heterocycles. The predicted molar refractivity (Wildman–Crippen MR) is 86.5 cm³/mol. The number of hydrogen-bond donors (Lipinski definition) is 3. The Labute approximate surface area is 128 Å². The third-order valence-corrected chi connectivity index (χ3v) is 4.36. The van der Waals surface area contributed by atoms with E-state index < -0.39 is 0 Å². The highest BCUT2D eigenvalue weighted by molar-refractivity contribution is 5.86. The molecule has 0 amide bonds. The summed E-state index contributed by atoms with van der Waals surface area (Å²) in [5.74, 6) is 1.17. The molecule has 4 nitrogen and oxygen atoms in total.